The predicted molar refractivity (Wildman–Crippen MR) is 72.5 cm³/mol. The summed E-state index contributed by atoms with van der Waals surface area (Å²) in [4.78, 5) is 11.7. The van der Waals surface area contributed by atoms with Crippen LogP contribution in [-0.2, 0) is 4.79 Å². The number of hydrogen-bond acceptors (Lipinski definition) is 1. The normalized spacial score (nSPS) is 13.6. The van der Waals surface area contributed by atoms with Crippen molar-refractivity contribution in [2.75, 3.05) is 0 Å². The van der Waals surface area contributed by atoms with E-state index in [1.54, 1.807) is 0 Å². The quantitative estimate of drug-likeness (QED) is 0.723. The van der Waals surface area contributed by atoms with Crippen LogP contribution in [0.3, 0.4) is 0 Å². The molecule has 0 aliphatic carbocycles. The van der Waals surface area contributed by atoms with Crippen LogP contribution in [0.2, 0.25) is 0 Å². The van der Waals surface area contributed by atoms with E-state index in [1.807, 2.05) is 27.7 Å². The monoisotopic (exact) mass is 229 g/mol. The maximum absolute atomic E-state index is 11.7. The van der Waals surface area contributed by atoms with Gasteiger partial charge >= 0.3 is 0 Å². The minimum atomic E-state index is -0.128. The number of rotatable bonds is 1. The summed E-state index contributed by atoms with van der Waals surface area (Å²) in [6.07, 6.45) is 1.25. The number of carbonyl (C=O) groups excluding carboxylic acids is 1. The van der Waals surface area contributed by atoms with Crippen molar-refractivity contribution < 1.29 is 4.79 Å². The summed E-state index contributed by atoms with van der Waals surface area (Å²) in [5, 5.41) is 2.99. The molecule has 0 spiro atoms. The molecule has 0 aromatic carbocycles. The molecule has 98 valence electrons. The summed E-state index contributed by atoms with van der Waals surface area (Å²) >= 11 is 0. The molecule has 16 heavy (non-hydrogen) atoms. The third-order valence-electron chi connectivity index (χ3n) is 2.19. The lowest BCUT2D eigenvalue weighted by Crippen LogP contribution is -2.46. The second-order valence-electron chi connectivity index (χ2n) is 6.53. The van der Waals surface area contributed by atoms with Gasteiger partial charge in [-0.15, -0.1) is 0 Å². The highest BCUT2D eigenvalue weighted by Crippen LogP contribution is 2.25. The van der Waals surface area contributed by atoms with Crippen LogP contribution >= 0.6 is 0 Å². The van der Waals surface area contributed by atoms with Crippen LogP contribution in [0.1, 0.15) is 68.7 Å². The fourth-order valence-electron chi connectivity index (χ4n) is 0.871. The highest BCUT2D eigenvalue weighted by molar-refractivity contribution is 5.79. The summed E-state index contributed by atoms with van der Waals surface area (Å²) < 4.78 is 0. The second kappa shape index (κ2) is 6.93. The Kier molecular flexibility index (Phi) is 7.73. The highest BCUT2D eigenvalue weighted by atomic mass is 16.2. The molecule has 1 amide bonds. The molecule has 1 unspecified atom stereocenters. The molecule has 0 radical (unpaired) electrons. The van der Waals surface area contributed by atoms with E-state index in [0.29, 0.717) is 0 Å². The molecule has 1 atom stereocenters. The van der Waals surface area contributed by atoms with Crippen LogP contribution in [0.15, 0.2) is 0 Å². The zero-order valence-corrected chi connectivity index (χ0v) is 12.7. The SMILES string of the molecule is CC(C(=O)NC(C)(C)C)C(C)(C)C.CCC. The molecule has 0 aliphatic heterocycles. The molecule has 0 aliphatic rings. The summed E-state index contributed by atoms with van der Waals surface area (Å²) in [6.45, 7) is 18.5. The topological polar surface area (TPSA) is 29.1 Å². The smallest absolute Gasteiger partial charge is 0.223 e. The minimum absolute atomic E-state index is 0.0370. The summed E-state index contributed by atoms with van der Waals surface area (Å²) in [5.74, 6) is 0.187. The second-order valence-corrected chi connectivity index (χ2v) is 6.53. The summed E-state index contributed by atoms with van der Waals surface area (Å²) in [7, 11) is 0. The van der Waals surface area contributed by atoms with E-state index in [-0.39, 0.29) is 22.8 Å². The lowest BCUT2D eigenvalue weighted by molar-refractivity contribution is -0.128. The van der Waals surface area contributed by atoms with Gasteiger partial charge in [0.1, 0.15) is 0 Å². The molecular formula is C14H31NO. The van der Waals surface area contributed by atoms with Gasteiger partial charge in [0.05, 0.1) is 0 Å². The molecule has 0 aromatic rings. The fourth-order valence-corrected chi connectivity index (χ4v) is 0.871. The van der Waals surface area contributed by atoms with Gasteiger partial charge < -0.3 is 5.32 Å². The van der Waals surface area contributed by atoms with Gasteiger partial charge in [-0.3, -0.25) is 4.79 Å². The molecule has 0 saturated carbocycles. The maximum atomic E-state index is 11.7. The van der Waals surface area contributed by atoms with Crippen molar-refractivity contribution >= 4 is 5.91 Å². The van der Waals surface area contributed by atoms with Crippen LogP contribution in [0, 0.1) is 11.3 Å². The Morgan fingerprint density at radius 3 is 1.56 bits per heavy atom. The van der Waals surface area contributed by atoms with Crippen molar-refractivity contribution in [1.82, 2.24) is 5.32 Å². The number of amides is 1. The Bertz CT molecular complexity index is 196. The van der Waals surface area contributed by atoms with Gasteiger partial charge in [-0.1, -0.05) is 48.0 Å². The van der Waals surface area contributed by atoms with Gasteiger partial charge in [-0.2, -0.15) is 0 Å². The number of carbonyl (C=O) groups is 1. The predicted octanol–water partition coefficient (Wildman–Crippen LogP) is 4.00. The Labute approximate surface area is 102 Å². The lowest BCUT2D eigenvalue weighted by Gasteiger charge is -2.30. The van der Waals surface area contributed by atoms with E-state index >= 15 is 0 Å². The van der Waals surface area contributed by atoms with Crippen molar-refractivity contribution in [1.29, 1.82) is 0 Å². The van der Waals surface area contributed by atoms with Gasteiger partial charge in [-0.25, -0.2) is 0 Å². The highest BCUT2D eigenvalue weighted by Gasteiger charge is 2.28. The molecule has 0 bridgehead atoms. The Hall–Kier alpha value is -0.530. The van der Waals surface area contributed by atoms with Crippen molar-refractivity contribution in [3.05, 3.63) is 0 Å². The molecule has 0 fully saturated rings. The zero-order chi connectivity index (χ0) is 13.6. The molecule has 0 rings (SSSR count). The molecular weight excluding hydrogens is 198 g/mol. The number of hydrogen-bond donors (Lipinski definition) is 1. The average Bonchev–Trinajstić information content (AvgIpc) is 1.99. The molecule has 2 nitrogen and oxygen atoms in total. The summed E-state index contributed by atoms with van der Waals surface area (Å²) in [6, 6.07) is 0. The van der Waals surface area contributed by atoms with Gasteiger partial charge in [0.2, 0.25) is 5.91 Å². The first-order valence-corrected chi connectivity index (χ1v) is 6.27. The standard InChI is InChI=1S/C11H23NO.C3H8/c1-8(10(2,3)4)9(13)12-11(5,6)7;1-3-2/h8H,1-7H3,(H,12,13);3H2,1-2H3. The average molecular weight is 229 g/mol. The first-order valence-electron chi connectivity index (χ1n) is 6.27. The fraction of sp³-hybridized carbons (Fsp3) is 0.929. The van der Waals surface area contributed by atoms with Crippen molar-refractivity contribution in [3.63, 3.8) is 0 Å². The third kappa shape index (κ3) is 10.0. The Balaban J connectivity index is 0. The van der Waals surface area contributed by atoms with Crippen molar-refractivity contribution in [3.8, 4) is 0 Å². The molecule has 0 aromatic heterocycles. The molecule has 0 heterocycles. The van der Waals surface area contributed by atoms with Crippen LogP contribution in [0.25, 0.3) is 0 Å². The first-order chi connectivity index (χ1) is 6.95. The Morgan fingerprint density at radius 1 is 1.06 bits per heavy atom. The van der Waals surface area contributed by atoms with Crippen LogP contribution < -0.4 is 5.32 Å². The van der Waals surface area contributed by atoms with E-state index in [9.17, 15) is 4.79 Å². The van der Waals surface area contributed by atoms with Gasteiger partial charge in [0, 0.05) is 11.5 Å². The zero-order valence-electron chi connectivity index (χ0n) is 12.7. The van der Waals surface area contributed by atoms with Crippen molar-refractivity contribution in [2.24, 2.45) is 11.3 Å². The lowest BCUT2D eigenvalue weighted by atomic mass is 9.81. The number of nitrogens with one attached hydrogen (secondary N) is 1. The van der Waals surface area contributed by atoms with Gasteiger partial charge in [0.15, 0.2) is 0 Å². The Morgan fingerprint density at radius 2 is 1.38 bits per heavy atom. The first kappa shape index (κ1) is 17.9. The molecule has 0 saturated heterocycles. The summed E-state index contributed by atoms with van der Waals surface area (Å²) in [5.41, 5.74) is -0.0913. The maximum Gasteiger partial charge on any atom is 0.223 e. The van der Waals surface area contributed by atoms with Gasteiger partial charge in [0.25, 0.3) is 0 Å². The van der Waals surface area contributed by atoms with E-state index < -0.39 is 0 Å². The van der Waals surface area contributed by atoms with E-state index in [4.69, 9.17) is 0 Å². The largest absolute Gasteiger partial charge is 0.351 e. The molecule has 2 heteroatoms. The van der Waals surface area contributed by atoms with Crippen LogP contribution in [0.4, 0.5) is 0 Å². The van der Waals surface area contributed by atoms with E-state index in [1.165, 1.54) is 6.42 Å². The third-order valence-corrected chi connectivity index (χ3v) is 2.19. The van der Waals surface area contributed by atoms with E-state index in [2.05, 4.69) is 39.9 Å². The van der Waals surface area contributed by atoms with Crippen LogP contribution in [-0.4, -0.2) is 11.4 Å². The van der Waals surface area contributed by atoms with Crippen molar-refractivity contribution in [2.45, 2.75) is 74.3 Å². The minimum Gasteiger partial charge on any atom is -0.351 e. The van der Waals surface area contributed by atoms with E-state index in [0.717, 1.165) is 0 Å². The molecule has 1 N–H and O–H groups in total. The van der Waals surface area contributed by atoms with Crippen LogP contribution in [0.5, 0.6) is 0 Å². The van der Waals surface area contributed by atoms with Gasteiger partial charge in [-0.05, 0) is 26.2 Å².